The zero-order valence-electron chi connectivity index (χ0n) is 44.1. The number of hydrogen-bond donors (Lipinski definition) is 0. The fourth-order valence-corrected chi connectivity index (χ4v) is 9.51. The molecule has 0 aliphatic carbocycles. The summed E-state index contributed by atoms with van der Waals surface area (Å²) < 4.78 is 8.45. The molecule has 0 amide bonds. The summed E-state index contributed by atoms with van der Waals surface area (Å²) in [6, 6.07) is 0. The van der Waals surface area contributed by atoms with E-state index >= 15 is 0 Å². The van der Waals surface area contributed by atoms with Crippen LogP contribution in [0.4, 0.5) is 0 Å². The van der Waals surface area contributed by atoms with E-state index in [4.69, 9.17) is 4.65 Å². The molecule has 0 saturated carbocycles. The second-order valence-electron chi connectivity index (χ2n) is 19.4. The van der Waals surface area contributed by atoms with E-state index in [1.54, 1.807) is 0 Å². The Balaban J connectivity index is -0.000000815. The van der Waals surface area contributed by atoms with Gasteiger partial charge in [0.25, 0.3) is 0 Å². The van der Waals surface area contributed by atoms with Gasteiger partial charge < -0.3 is 23.7 Å². The van der Waals surface area contributed by atoms with Crippen molar-refractivity contribution in [1.29, 1.82) is 0 Å². The quantitative estimate of drug-likeness (QED) is 0.0349. The monoisotopic (exact) mass is 853 g/mol. The van der Waals surface area contributed by atoms with E-state index in [1.165, 1.54) is 190 Å². The van der Waals surface area contributed by atoms with Crippen LogP contribution >= 0.6 is 0 Å². The van der Waals surface area contributed by atoms with Crippen LogP contribution in [-0.2, 0) is 4.65 Å². The molecule has 0 spiro atoms. The summed E-state index contributed by atoms with van der Waals surface area (Å²) in [5.41, 5.74) is -0.482. The Morgan fingerprint density at radius 3 is 0.817 bits per heavy atom. The summed E-state index contributed by atoms with van der Waals surface area (Å²) in [4.78, 5) is 0. The fraction of sp³-hybridized carbons (Fsp3) is 1.00. The van der Waals surface area contributed by atoms with Crippen molar-refractivity contribution in [2.45, 2.75) is 294 Å². The highest BCUT2D eigenvalue weighted by Crippen LogP contribution is 2.39. The average Bonchev–Trinajstić information content (AvgIpc) is 3.26. The second kappa shape index (κ2) is 46.8. The van der Waals surface area contributed by atoms with Gasteiger partial charge in [-0.1, -0.05) is 199 Å². The third-order valence-electron chi connectivity index (χ3n) is 13.7. The molecule has 0 heterocycles. The van der Waals surface area contributed by atoms with E-state index in [9.17, 15) is 10.0 Å². The van der Waals surface area contributed by atoms with Crippen LogP contribution in [-0.4, -0.2) is 74.2 Å². The van der Waals surface area contributed by atoms with Gasteiger partial charge in [0.2, 0.25) is 0 Å². The Morgan fingerprint density at radius 1 is 0.333 bits per heavy atom. The normalized spacial score (nSPS) is 12.1. The average molecular weight is 853 g/mol. The number of hydrogen-bond acceptors (Lipinski definition) is 3. The Kier molecular flexibility index (Phi) is 50.1. The van der Waals surface area contributed by atoms with Gasteiger partial charge in [-0.3, -0.25) is 0 Å². The molecule has 364 valence electrons. The minimum atomic E-state index is -2.15. The first-order valence-electron chi connectivity index (χ1n) is 27.7. The molecule has 0 radical (unpaired) electrons. The van der Waals surface area contributed by atoms with Gasteiger partial charge in [-0.25, -0.2) is 0 Å². The van der Waals surface area contributed by atoms with Crippen molar-refractivity contribution in [2.75, 3.05) is 52.4 Å². The van der Waals surface area contributed by atoms with Crippen LogP contribution in [0.2, 0.25) is 0 Å². The molecule has 0 unspecified atom stereocenters. The predicted molar refractivity (Wildman–Crippen MR) is 268 cm³/mol. The molecular formula is C54H117BN2O3. The molecule has 0 aromatic heterocycles. The summed E-state index contributed by atoms with van der Waals surface area (Å²) in [5.74, 6) is 0.357. The molecule has 0 aliphatic heterocycles. The van der Waals surface area contributed by atoms with Crippen LogP contribution in [0.15, 0.2) is 0 Å². The highest BCUT2D eigenvalue weighted by atomic mass is 16.6. The van der Waals surface area contributed by atoms with Crippen molar-refractivity contribution in [1.82, 2.24) is 0 Å². The SMILES string of the molecule is CCCCC(CCCC)C(CCCC)(CCCC)OB([O-])[O-].CCCCCC[N+](CCCC)(CCCC)CCCC.CCCCCC[N+](CCCC)(CCCC)CCCC. The number of unbranched alkanes of at least 4 members (excludes halogenated alkanes) is 16. The lowest BCUT2D eigenvalue weighted by Crippen LogP contribution is -2.56. The van der Waals surface area contributed by atoms with E-state index in [2.05, 4.69) is 83.1 Å². The van der Waals surface area contributed by atoms with E-state index in [0.29, 0.717) is 5.92 Å². The van der Waals surface area contributed by atoms with Gasteiger partial charge in [0.1, 0.15) is 0 Å². The van der Waals surface area contributed by atoms with Crippen molar-refractivity contribution in [3.63, 3.8) is 0 Å². The smallest absolute Gasteiger partial charge is 0.0786 e. The largest absolute Gasteiger partial charge is 0.871 e. The number of rotatable bonds is 43. The van der Waals surface area contributed by atoms with Gasteiger partial charge in [-0.15, -0.1) is 0 Å². The molecule has 60 heavy (non-hydrogen) atoms. The van der Waals surface area contributed by atoms with Crippen molar-refractivity contribution >= 4 is 7.32 Å². The molecule has 5 nitrogen and oxygen atoms in total. The van der Waals surface area contributed by atoms with Gasteiger partial charge in [0, 0.05) is 5.60 Å². The Labute approximate surface area is 382 Å². The highest BCUT2D eigenvalue weighted by molar-refractivity contribution is 6.28. The molecule has 0 aromatic carbocycles. The molecule has 0 N–H and O–H groups in total. The third-order valence-corrected chi connectivity index (χ3v) is 13.7. The van der Waals surface area contributed by atoms with Crippen molar-refractivity contribution < 1.29 is 23.7 Å². The van der Waals surface area contributed by atoms with Crippen molar-refractivity contribution in [2.24, 2.45) is 5.92 Å². The fourth-order valence-electron chi connectivity index (χ4n) is 9.51. The predicted octanol–water partition coefficient (Wildman–Crippen LogP) is 15.4. The molecule has 6 heteroatoms. The van der Waals surface area contributed by atoms with Gasteiger partial charge in [0.15, 0.2) is 0 Å². The maximum Gasteiger partial charge on any atom is 0.0786 e. The van der Waals surface area contributed by atoms with Crippen molar-refractivity contribution in [3.05, 3.63) is 0 Å². The zero-order valence-corrected chi connectivity index (χ0v) is 44.1. The van der Waals surface area contributed by atoms with Gasteiger partial charge in [-0.05, 0) is 95.8 Å². The van der Waals surface area contributed by atoms with Gasteiger partial charge in [-0.2, -0.15) is 0 Å². The third kappa shape index (κ3) is 35.2. The first kappa shape index (κ1) is 64.2. The van der Waals surface area contributed by atoms with Crippen LogP contribution in [0.1, 0.15) is 289 Å². The number of quaternary nitrogens is 2. The molecule has 0 aliphatic rings. The summed E-state index contributed by atoms with van der Waals surface area (Å²) in [6.07, 6.45) is 40.7. The lowest BCUT2D eigenvalue weighted by Gasteiger charge is -2.48. The summed E-state index contributed by atoms with van der Waals surface area (Å²) >= 11 is 0. The second-order valence-corrected chi connectivity index (χ2v) is 19.4. The lowest BCUT2D eigenvalue weighted by atomic mass is 9.73. The molecule has 0 rings (SSSR count). The van der Waals surface area contributed by atoms with Crippen molar-refractivity contribution in [3.8, 4) is 0 Å². The maximum absolute atomic E-state index is 11.3. The topological polar surface area (TPSA) is 55.3 Å². The molecule has 0 fully saturated rings. The summed E-state index contributed by atoms with van der Waals surface area (Å²) in [7, 11) is -2.15. The molecule has 0 saturated heterocycles. The Bertz CT molecular complexity index is 712. The number of nitrogens with zero attached hydrogens (tertiary/aromatic N) is 2. The van der Waals surface area contributed by atoms with E-state index in [1.807, 2.05) is 0 Å². The van der Waals surface area contributed by atoms with E-state index in [0.717, 1.165) is 77.0 Å². The molecule has 0 aromatic rings. The van der Waals surface area contributed by atoms with E-state index in [-0.39, 0.29) is 0 Å². The minimum absolute atomic E-state index is 0.357. The Hall–Kier alpha value is -0.135. The summed E-state index contributed by atoms with van der Waals surface area (Å²) in [6.45, 7) is 38.9. The highest BCUT2D eigenvalue weighted by Gasteiger charge is 2.36. The molecule has 0 bridgehead atoms. The minimum Gasteiger partial charge on any atom is -0.871 e. The van der Waals surface area contributed by atoms with Crippen LogP contribution < -0.4 is 10.0 Å². The van der Waals surface area contributed by atoms with Gasteiger partial charge in [0.05, 0.1) is 59.7 Å². The van der Waals surface area contributed by atoms with Gasteiger partial charge >= 0.3 is 0 Å². The van der Waals surface area contributed by atoms with Crippen LogP contribution in [0.5, 0.6) is 0 Å². The Morgan fingerprint density at radius 2 is 0.583 bits per heavy atom. The zero-order chi connectivity index (χ0) is 45.6. The molecule has 0 atom stereocenters. The standard InChI is InChI=1S/C18H37BO3.2C18H40N/c1-5-9-13-17(14-10-6-2)18(15-11-7-3,16-12-8-4)22-19(20)21;2*1-5-9-13-14-18-19(15-10-6-2,16-11-7-3)17-12-8-4/h17H,5-16H2,1-4H3;2*5-18H2,1-4H3/q-2;2*+1. The van der Waals surface area contributed by atoms with Crippen LogP contribution in [0, 0.1) is 5.92 Å². The first-order chi connectivity index (χ1) is 29.0. The lowest BCUT2D eigenvalue weighted by molar-refractivity contribution is -0.929. The first-order valence-corrected chi connectivity index (χ1v) is 27.7. The summed E-state index contributed by atoms with van der Waals surface area (Å²) in [5, 5.41) is 22.7. The van der Waals surface area contributed by atoms with Crippen LogP contribution in [0.3, 0.4) is 0 Å². The van der Waals surface area contributed by atoms with E-state index < -0.39 is 12.9 Å². The maximum atomic E-state index is 11.3. The van der Waals surface area contributed by atoms with Crippen LogP contribution in [0.25, 0.3) is 0 Å². The molecular weight excluding hydrogens is 735 g/mol.